The lowest BCUT2D eigenvalue weighted by Gasteiger charge is -2.28. The van der Waals surface area contributed by atoms with E-state index in [1.165, 1.54) is 5.56 Å². The van der Waals surface area contributed by atoms with Crippen LogP contribution in [0.15, 0.2) is 29.3 Å². The van der Waals surface area contributed by atoms with Crippen LogP contribution in [-0.2, 0) is 13.6 Å². The van der Waals surface area contributed by atoms with Gasteiger partial charge in [0, 0.05) is 36.1 Å². The number of benzene rings is 1. The molecule has 0 fully saturated rings. The summed E-state index contributed by atoms with van der Waals surface area (Å²) in [6, 6.07) is 8.37. The molecule has 0 saturated carbocycles. The van der Waals surface area contributed by atoms with Crippen LogP contribution in [0.2, 0.25) is 0 Å². The highest BCUT2D eigenvalue weighted by Gasteiger charge is 2.22. The van der Waals surface area contributed by atoms with E-state index in [1.54, 1.807) is 0 Å². The Hall–Kier alpha value is -2.22. The van der Waals surface area contributed by atoms with E-state index in [0.717, 1.165) is 42.1 Å². The minimum Gasteiger partial charge on any atom is -0.493 e. The lowest BCUT2D eigenvalue weighted by molar-refractivity contribution is 0.261. The molecule has 3 rings (SSSR count). The third-order valence-electron chi connectivity index (χ3n) is 4.76. The second-order valence-corrected chi connectivity index (χ2v) is 10.1. The molecule has 1 atom stereocenters. The van der Waals surface area contributed by atoms with Crippen molar-refractivity contribution in [2.75, 3.05) is 18.9 Å². The summed E-state index contributed by atoms with van der Waals surface area (Å²) >= 11 is 1.94. The molecule has 0 amide bonds. The molecule has 0 saturated heterocycles. The zero-order valence-electron chi connectivity index (χ0n) is 18.0. The van der Waals surface area contributed by atoms with Crippen LogP contribution in [0.4, 0.5) is 0 Å². The summed E-state index contributed by atoms with van der Waals surface area (Å²) in [6.07, 6.45) is 0.900. The minimum absolute atomic E-state index is 0.169. The maximum absolute atomic E-state index is 5.79. The first-order valence-corrected chi connectivity index (χ1v) is 11.1. The van der Waals surface area contributed by atoms with Gasteiger partial charge in [-0.3, -0.25) is 0 Å². The van der Waals surface area contributed by atoms with Gasteiger partial charge in [-0.05, 0) is 13.0 Å². The zero-order valence-corrected chi connectivity index (χ0v) is 18.8. The fraction of sp³-hybridized carbons (Fsp3) is 0.571. The summed E-state index contributed by atoms with van der Waals surface area (Å²) < 4.78 is 8.02. The summed E-state index contributed by atoms with van der Waals surface area (Å²) in [5, 5.41) is 15.4. The van der Waals surface area contributed by atoms with Gasteiger partial charge in [0.25, 0.3) is 0 Å². The predicted octanol–water partition coefficient (Wildman–Crippen LogP) is 3.21. The maximum Gasteiger partial charge on any atom is 0.192 e. The number of hydrogen-bond donors (Lipinski definition) is 2. The number of thioether (sulfide) groups is 1. The highest BCUT2D eigenvalue weighted by atomic mass is 32.2. The van der Waals surface area contributed by atoms with Gasteiger partial charge in [0.15, 0.2) is 11.8 Å². The van der Waals surface area contributed by atoms with Crippen LogP contribution >= 0.6 is 11.8 Å². The number of ether oxygens (including phenoxy) is 1. The normalized spacial score (nSPS) is 16.9. The fourth-order valence-corrected chi connectivity index (χ4v) is 3.89. The molecule has 0 spiro atoms. The van der Waals surface area contributed by atoms with Gasteiger partial charge >= 0.3 is 0 Å². The van der Waals surface area contributed by atoms with Crippen molar-refractivity contribution >= 4 is 17.7 Å². The Balaban J connectivity index is 1.70. The number of nitrogens with one attached hydrogen (secondary N) is 2. The van der Waals surface area contributed by atoms with Crippen molar-refractivity contribution in [1.82, 2.24) is 25.4 Å². The molecule has 7 nitrogen and oxygen atoms in total. The van der Waals surface area contributed by atoms with Crippen molar-refractivity contribution in [1.29, 1.82) is 0 Å². The first kappa shape index (κ1) is 21.5. The van der Waals surface area contributed by atoms with E-state index in [1.807, 2.05) is 42.4 Å². The van der Waals surface area contributed by atoms with Gasteiger partial charge in [0.1, 0.15) is 18.1 Å². The molecule has 1 unspecified atom stereocenters. The summed E-state index contributed by atoms with van der Waals surface area (Å²) in [4.78, 5) is 4.79. The lowest BCUT2D eigenvalue weighted by Crippen LogP contribution is -2.42. The largest absolute Gasteiger partial charge is 0.493 e. The SMILES string of the molecule is Cc1nnc(CN=C(NCCSC(C)(C)C)NC2CCOc3ccccc32)n1C. The van der Waals surface area contributed by atoms with Crippen LogP contribution in [0.1, 0.15) is 50.4 Å². The molecule has 0 radical (unpaired) electrons. The van der Waals surface area contributed by atoms with Gasteiger partial charge < -0.3 is 19.9 Å². The molecule has 0 bridgehead atoms. The van der Waals surface area contributed by atoms with Crippen molar-refractivity contribution in [2.24, 2.45) is 12.0 Å². The summed E-state index contributed by atoms with van der Waals surface area (Å²) in [5.41, 5.74) is 1.17. The Morgan fingerprint density at radius 3 is 2.83 bits per heavy atom. The predicted molar refractivity (Wildman–Crippen MR) is 120 cm³/mol. The third kappa shape index (κ3) is 6.13. The Bertz CT molecular complexity index is 842. The van der Waals surface area contributed by atoms with E-state index in [0.29, 0.717) is 13.2 Å². The van der Waals surface area contributed by atoms with Gasteiger partial charge in [-0.1, -0.05) is 39.0 Å². The summed E-state index contributed by atoms with van der Waals surface area (Å²) in [5.74, 6) is 4.49. The minimum atomic E-state index is 0.169. The Morgan fingerprint density at radius 2 is 2.10 bits per heavy atom. The van der Waals surface area contributed by atoms with Crippen molar-refractivity contribution in [3.05, 3.63) is 41.5 Å². The van der Waals surface area contributed by atoms with E-state index in [4.69, 9.17) is 9.73 Å². The molecule has 29 heavy (non-hydrogen) atoms. The molecule has 1 aliphatic rings. The van der Waals surface area contributed by atoms with Crippen molar-refractivity contribution in [3.8, 4) is 5.75 Å². The first-order chi connectivity index (χ1) is 13.8. The smallest absolute Gasteiger partial charge is 0.192 e. The van der Waals surface area contributed by atoms with E-state index in [9.17, 15) is 0 Å². The molecule has 158 valence electrons. The number of nitrogens with zero attached hydrogens (tertiary/aromatic N) is 4. The molecular weight excluding hydrogens is 384 g/mol. The van der Waals surface area contributed by atoms with Gasteiger partial charge in [0.2, 0.25) is 0 Å². The van der Waals surface area contributed by atoms with Gasteiger partial charge in [-0.15, -0.1) is 10.2 Å². The van der Waals surface area contributed by atoms with Crippen LogP contribution in [0.25, 0.3) is 0 Å². The van der Waals surface area contributed by atoms with Crippen molar-refractivity contribution in [3.63, 3.8) is 0 Å². The first-order valence-electron chi connectivity index (χ1n) is 10.1. The summed E-state index contributed by atoms with van der Waals surface area (Å²) in [6.45, 7) is 10.7. The highest BCUT2D eigenvalue weighted by molar-refractivity contribution is 8.00. The number of aliphatic imine (C=N–C) groups is 1. The van der Waals surface area contributed by atoms with Gasteiger partial charge in [-0.2, -0.15) is 11.8 Å². The lowest BCUT2D eigenvalue weighted by atomic mass is 10.0. The average molecular weight is 417 g/mol. The van der Waals surface area contributed by atoms with E-state index >= 15 is 0 Å². The number of rotatable bonds is 6. The average Bonchev–Trinajstić information content (AvgIpc) is 3.00. The number of guanidine groups is 1. The zero-order chi connectivity index (χ0) is 20.9. The Morgan fingerprint density at radius 1 is 1.31 bits per heavy atom. The standard InChI is InChI=1S/C21H32N6OS/c1-15-25-26-19(27(15)5)14-23-20(22-11-13-29-21(2,3)4)24-17-10-12-28-18-9-7-6-8-16(17)18/h6-9,17H,10-14H2,1-5H3,(H2,22,23,24). The van der Waals surface area contributed by atoms with Crippen molar-refractivity contribution in [2.45, 2.75) is 51.4 Å². The Labute approximate surface area is 177 Å². The molecule has 1 aromatic carbocycles. The number of para-hydroxylation sites is 1. The topological polar surface area (TPSA) is 76.4 Å². The third-order valence-corrected chi connectivity index (χ3v) is 6.03. The van der Waals surface area contributed by atoms with Crippen molar-refractivity contribution < 1.29 is 4.74 Å². The Kier molecular flexibility index (Phi) is 7.05. The van der Waals surface area contributed by atoms with Crippen LogP contribution in [0.5, 0.6) is 5.75 Å². The van der Waals surface area contributed by atoms with E-state index < -0.39 is 0 Å². The number of aromatic nitrogens is 3. The second-order valence-electron chi connectivity index (χ2n) is 8.15. The molecular formula is C21H32N6OS. The molecule has 2 aromatic rings. The number of fused-ring (bicyclic) bond motifs is 1. The van der Waals surface area contributed by atoms with Crippen LogP contribution in [0, 0.1) is 6.92 Å². The molecule has 1 aliphatic heterocycles. The van der Waals surface area contributed by atoms with Crippen LogP contribution in [0.3, 0.4) is 0 Å². The molecule has 2 N–H and O–H groups in total. The van der Waals surface area contributed by atoms with E-state index in [2.05, 4.69) is 53.7 Å². The maximum atomic E-state index is 5.79. The number of hydrogen-bond acceptors (Lipinski definition) is 5. The molecule has 0 aliphatic carbocycles. The van der Waals surface area contributed by atoms with Crippen LogP contribution in [-0.4, -0.2) is 44.4 Å². The molecule has 8 heteroatoms. The van der Waals surface area contributed by atoms with Crippen LogP contribution < -0.4 is 15.4 Å². The van der Waals surface area contributed by atoms with E-state index in [-0.39, 0.29) is 10.8 Å². The van der Waals surface area contributed by atoms with Gasteiger partial charge in [0.05, 0.1) is 12.6 Å². The fourth-order valence-electron chi connectivity index (χ4n) is 3.07. The highest BCUT2D eigenvalue weighted by Crippen LogP contribution is 2.31. The van der Waals surface area contributed by atoms with Gasteiger partial charge in [-0.25, -0.2) is 4.99 Å². The second kappa shape index (κ2) is 9.52. The molecule has 1 aromatic heterocycles. The molecule has 2 heterocycles. The summed E-state index contributed by atoms with van der Waals surface area (Å²) in [7, 11) is 1.97. The quantitative estimate of drug-likeness (QED) is 0.428. The number of aryl methyl sites for hydroxylation is 1. The monoisotopic (exact) mass is 416 g/mol.